The number of nitrogens with zero attached hydrogens (tertiary/aromatic N) is 1. The van der Waals surface area contributed by atoms with Gasteiger partial charge in [0, 0.05) is 0 Å². The first kappa shape index (κ1) is 19.2. The van der Waals surface area contributed by atoms with Crippen LogP contribution in [0.1, 0.15) is 19.4 Å². The van der Waals surface area contributed by atoms with Crippen LogP contribution in [0.15, 0.2) is 60.2 Å². The number of hydrogen-bond donors (Lipinski definition) is 1. The van der Waals surface area contributed by atoms with Crippen molar-refractivity contribution in [1.29, 1.82) is 0 Å². The highest BCUT2D eigenvalue weighted by atomic mass is 16.6. The number of carbonyl (C=O) groups is 3. The minimum atomic E-state index is -0.467. The number of amides is 2. The van der Waals surface area contributed by atoms with Crippen molar-refractivity contribution in [3.63, 3.8) is 0 Å². The molecule has 0 radical (unpaired) electrons. The van der Waals surface area contributed by atoms with E-state index in [4.69, 9.17) is 9.47 Å². The Morgan fingerprint density at radius 2 is 1.75 bits per heavy atom. The van der Waals surface area contributed by atoms with Gasteiger partial charge in [0.1, 0.15) is 11.3 Å². The number of para-hydroxylation sites is 1. The third-order valence-electron chi connectivity index (χ3n) is 3.82. The number of nitrogens with one attached hydrogen (secondary N) is 1. The number of hydrazine groups is 1. The third kappa shape index (κ3) is 4.56. The summed E-state index contributed by atoms with van der Waals surface area (Å²) in [4.78, 5) is 36.2. The zero-order valence-corrected chi connectivity index (χ0v) is 15.5. The van der Waals surface area contributed by atoms with E-state index < -0.39 is 17.8 Å². The lowest BCUT2D eigenvalue weighted by Gasteiger charge is -2.13. The maximum atomic E-state index is 12.6. The normalized spacial score (nSPS) is 15.1. The lowest BCUT2D eigenvalue weighted by molar-refractivity contribution is -0.149. The third-order valence-corrected chi connectivity index (χ3v) is 3.82. The van der Waals surface area contributed by atoms with Crippen molar-refractivity contribution in [3.8, 4) is 5.75 Å². The second-order valence-electron chi connectivity index (χ2n) is 6.37. The molecule has 3 rings (SSSR count). The Hall–Kier alpha value is -3.61. The predicted molar refractivity (Wildman–Crippen MR) is 103 cm³/mol. The summed E-state index contributed by atoms with van der Waals surface area (Å²) in [6, 6.07) is 15.6. The van der Waals surface area contributed by atoms with Crippen LogP contribution >= 0.6 is 0 Å². The van der Waals surface area contributed by atoms with E-state index in [9.17, 15) is 14.4 Å². The standard InChI is InChI=1S/C21H20N2O5/c1-14(2)28-19(24)13-27-17-10-8-15(9-11-17)12-18-20(25)22-23(21(18)26)16-6-4-3-5-7-16/h3-12,14H,13H2,1-2H3,(H,22,25)/b18-12-. The Balaban J connectivity index is 1.67. The van der Waals surface area contributed by atoms with Crippen LogP contribution in [0.2, 0.25) is 0 Å². The van der Waals surface area contributed by atoms with E-state index in [0.29, 0.717) is 17.0 Å². The van der Waals surface area contributed by atoms with E-state index in [0.717, 1.165) is 0 Å². The second-order valence-corrected chi connectivity index (χ2v) is 6.37. The SMILES string of the molecule is CC(C)OC(=O)COc1ccc(/C=C2/C(=O)NN(c3ccccc3)C2=O)cc1. The van der Waals surface area contributed by atoms with Crippen molar-refractivity contribution in [1.82, 2.24) is 5.43 Å². The number of hydrogen-bond acceptors (Lipinski definition) is 5. The molecule has 0 atom stereocenters. The number of ether oxygens (including phenoxy) is 2. The van der Waals surface area contributed by atoms with Gasteiger partial charge >= 0.3 is 5.97 Å². The van der Waals surface area contributed by atoms with Gasteiger partial charge in [0.15, 0.2) is 6.61 Å². The molecule has 2 amide bonds. The maximum absolute atomic E-state index is 12.6. The van der Waals surface area contributed by atoms with Gasteiger partial charge in [-0.1, -0.05) is 30.3 Å². The van der Waals surface area contributed by atoms with E-state index in [-0.39, 0.29) is 18.3 Å². The average Bonchev–Trinajstić information content (AvgIpc) is 2.96. The summed E-state index contributed by atoms with van der Waals surface area (Å²) < 4.78 is 10.4. The van der Waals surface area contributed by atoms with Gasteiger partial charge < -0.3 is 9.47 Å². The van der Waals surface area contributed by atoms with Crippen LogP contribution in [0.25, 0.3) is 6.08 Å². The molecule has 7 nitrogen and oxygen atoms in total. The van der Waals surface area contributed by atoms with Crippen molar-refractivity contribution >= 4 is 29.5 Å². The van der Waals surface area contributed by atoms with E-state index in [1.54, 1.807) is 62.4 Å². The second kappa shape index (κ2) is 8.39. The molecular weight excluding hydrogens is 360 g/mol. The van der Waals surface area contributed by atoms with Crippen LogP contribution in [0.5, 0.6) is 5.75 Å². The molecule has 0 saturated carbocycles. The minimum absolute atomic E-state index is 0.0398. The number of benzene rings is 2. The van der Waals surface area contributed by atoms with Crippen molar-refractivity contribution < 1.29 is 23.9 Å². The van der Waals surface area contributed by atoms with Gasteiger partial charge in [0.25, 0.3) is 11.8 Å². The highest BCUT2D eigenvalue weighted by molar-refractivity contribution is 6.31. The lowest BCUT2D eigenvalue weighted by Crippen LogP contribution is -2.35. The summed E-state index contributed by atoms with van der Waals surface area (Å²) in [5.74, 6) is -0.857. The molecule has 0 aromatic heterocycles. The first-order valence-corrected chi connectivity index (χ1v) is 8.78. The minimum Gasteiger partial charge on any atom is -0.482 e. The number of anilines is 1. The summed E-state index contributed by atoms with van der Waals surface area (Å²) >= 11 is 0. The van der Waals surface area contributed by atoms with Gasteiger partial charge in [0.05, 0.1) is 11.8 Å². The number of rotatable bonds is 6. The lowest BCUT2D eigenvalue weighted by atomic mass is 10.1. The zero-order chi connectivity index (χ0) is 20.1. The molecule has 1 heterocycles. The number of carbonyl (C=O) groups excluding carboxylic acids is 3. The first-order valence-electron chi connectivity index (χ1n) is 8.78. The molecule has 144 valence electrons. The summed E-state index contributed by atoms with van der Waals surface area (Å²) in [7, 11) is 0. The fourth-order valence-electron chi connectivity index (χ4n) is 2.58. The zero-order valence-electron chi connectivity index (χ0n) is 15.5. The Labute approximate surface area is 162 Å². The highest BCUT2D eigenvalue weighted by Crippen LogP contribution is 2.22. The summed E-state index contributed by atoms with van der Waals surface area (Å²) in [6.45, 7) is 3.34. The molecule has 1 fully saturated rings. The van der Waals surface area contributed by atoms with Gasteiger partial charge in [-0.3, -0.25) is 15.0 Å². The van der Waals surface area contributed by atoms with Crippen LogP contribution in [-0.4, -0.2) is 30.5 Å². The molecule has 0 aliphatic carbocycles. The smallest absolute Gasteiger partial charge is 0.344 e. The summed E-state index contributed by atoms with van der Waals surface area (Å²) in [6.07, 6.45) is 1.31. The Bertz CT molecular complexity index is 904. The van der Waals surface area contributed by atoms with Crippen molar-refractivity contribution in [2.75, 3.05) is 11.6 Å². The predicted octanol–water partition coefficient (Wildman–Crippen LogP) is 2.48. The molecule has 1 aliphatic heterocycles. The summed E-state index contributed by atoms with van der Waals surface area (Å²) in [5, 5.41) is 1.21. The number of esters is 1. The van der Waals surface area contributed by atoms with Crippen LogP contribution in [-0.2, 0) is 19.1 Å². The van der Waals surface area contributed by atoms with Crippen LogP contribution in [0.4, 0.5) is 5.69 Å². The van der Waals surface area contributed by atoms with E-state index >= 15 is 0 Å². The molecule has 1 saturated heterocycles. The Morgan fingerprint density at radius 3 is 2.39 bits per heavy atom. The largest absolute Gasteiger partial charge is 0.482 e. The molecule has 1 aliphatic rings. The van der Waals surface area contributed by atoms with Gasteiger partial charge in [-0.05, 0) is 49.8 Å². The first-order chi connectivity index (χ1) is 13.4. The van der Waals surface area contributed by atoms with Gasteiger partial charge in [0.2, 0.25) is 0 Å². The molecule has 2 aromatic rings. The van der Waals surface area contributed by atoms with Gasteiger partial charge in [-0.25, -0.2) is 9.80 Å². The monoisotopic (exact) mass is 380 g/mol. The van der Waals surface area contributed by atoms with E-state index in [2.05, 4.69) is 5.43 Å². The molecule has 2 aromatic carbocycles. The molecule has 1 N–H and O–H groups in total. The quantitative estimate of drug-likeness (QED) is 0.473. The molecule has 7 heteroatoms. The van der Waals surface area contributed by atoms with Gasteiger partial charge in [-0.2, -0.15) is 0 Å². The fraction of sp³-hybridized carbons (Fsp3) is 0.190. The average molecular weight is 380 g/mol. The topological polar surface area (TPSA) is 84.9 Å². The van der Waals surface area contributed by atoms with E-state index in [1.807, 2.05) is 6.07 Å². The highest BCUT2D eigenvalue weighted by Gasteiger charge is 2.34. The fourth-order valence-corrected chi connectivity index (χ4v) is 2.58. The maximum Gasteiger partial charge on any atom is 0.344 e. The molecule has 0 bridgehead atoms. The van der Waals surface area contributed by atoms with E-state index in [1.165, 1.54) is 11.1 Å². The van der Waals surface area contributed by atoms with Crippen molar-refractivity contribution in [3.05, 3.63) is 65.7 Å². The van der Waals surface area contributed by atoms with Crippen LogP contribution < -0.4 is 15.2 Å². The summed E-state index contributed by atoms with van der Waals surface area (Å²) in [5.41, 5.74) is 3.83. The van der Waals surface area contributed by atoms with Crippen molar-refractivity contribution in [2.45, 2.75) is 20.0 Å². The Morgan fingerprint density at radius 1 is 1.07 bits per heavy atom. The van der Waals surface area contributed by atoms with Crippen LogP contribution in [0, 0.1) is 0 Å². The molecule has 0 unspecified atom stereocenters. The van der Waals surface area contributed by atoms with Crippen molar-refractivity contribution in [2.24, 2.45) is 0 Å². The Kier molecular flexibility index (Phi) is 5.74. The van der Waals surface area contributed by atoms with Gasteiger partial charge in [-0.15, -0.1) is 0 Å². The molecular formula is C21H20N2O5. The molecule has 28 heavy (non-hydrogen) atoms. The molecule has 0 spiro atoms. The van der Waals surface area contributed by atoms with Crippen LogP contribution in [0.3, 0.4) is 0 Å².